The van der Waals surface area contributed by atoms with Crippen LogP contribution in [0.4, 0.5) is 0 Å². The standard InChI is InChI=1S/C18H36N2/c1-5-16(4)18-8-6-17(7-9-18)14-19-10-12-20(13-11-19)15(2)3/h15-18H,5-14H2,1-4H3. The highest BCUT2D eigenvalue weighted by molar-refractivity contribution is 4.80. The van der Waals surface area contributed by atoms with Gasteiger partial charge in [-0.25, -0.2) is 0 Å². The maximum absolute atomic E-state index is 2.73. The molecule has 0 amide bonds. The Balaban J connectivity index is 1.66. The Morgan fingerprint density at radius 1 is 0.900 bits per heavy atom. The Hall–Kier alpha value is -0.0800. The first-order valence-electron chi connectivity index (χ1n) is 9.06. The molecule has 2 heteroatoms. The van der Waals surface area contributed by atoms with Gasteiger partial charge < -0.3 is 4.90 Å². The van der Waals surface area contributed by atoms with E-state index in [-0.39, 0.29) is 0 Å². The first-order valence-corrected chi connectivity index (χ1v) is 9.06. The van der Waals surface area contributed by atoms with Crippen LogP contribution in [0.2, 0.25) is 0 Å². The Kier molecular flexibility index (Phi) is 6.35. The second-order valence-electron chi connectivity index (χ2n) is 7.60. The molecule has 0 spiro atoms. The van der Waals surface area contributed by atoms with E-state index in [1.807, 2.05) is 0 Å². The molecule has 20 heavy (non-hydrogen) atoms. The summed E-state index contributed by atoms with van der Waals surface area (Å²) in [5.74, 6) is 2.96. The first kappa shape index (κ1) is 16.3. The van der Waals surface area contributed by atoms with Crippen molar-refractivity contribution in [3.63, 3.8) is 0 Å². The fourth-order valence-corrected chi connectivity index (χ4v) is 4.10. The van der Waals surface area contributed by atoms with Crippen molar-refractivity contribution >= 4 is 0 Å². The summed E-state index contributed by atoms with van der Waals surface area (Å²) in [7, 11) is 0. The van der Waals surface area contributed by atoms with Crippen LogP contribution in [-0.4, -0.2) is 48.6 Å². The van der Waals surface area contributed by atoms with Gasteiger partial charge in [-0.2, -0.15) is 0 Å². The minimum atomic E-state index is 0.725. The van der Waals surface area contributed by atoms with Crippen molar-refractivity contribution in [3.05, 3.63) is 0 Å². The van der Waals surface area contributed by atoms with Gasteiger partial charge in [-0.3, -0.25) is 4.90 Å². The minimum Gasteiger partial charge on any atom is -0.301 e. The number of rotatable bonds is 5. The lowest BCUT2D eigenvalue weighted by atomic mass is 9.75. The SMILES string of the molecule is CCC(C)C1CCC(CN2CCN(C(C)C)CC2)CC1. The third-order valence-corrected chi connectivity index (χ3v) is 5.99. The molecule has 1 heterocycles. The molecule has 0 N–H and O–H groups in total. The predicted octanol–water partition coefficient (Wildman–Crippen LogP) is 3.86. The summed E-state index contributed by atoms with van der Waals surface area (Å²) in [6, 6.07) is 0.725. The molecule has 1 atom stereocenters. The molecule has 1 saturated heterocycles. The van der Waals surface area contributed by atoms with Crippen molar-refractivity contribution in [2.24, 2.45) is 17.8 Å². The second-order valence-corrected chi connectivity index (χ2v) is 7.60. The number of nitrogens with zero attached hydrogens (tertiary/aromatic N) is 2. The van der Waals surface area contributed by atoms with E-state index in [0.29, 0.717) is 0 Å². The average molecular weight is 280 g/mol. The zero-order valence-electron chi connectivity index (χ0n) is 14.3. The molecule has 1 aliphatic heterocycles. The highest BCUT2D eigenvalue weighted by Crippen LogP contribution is 2.35. The third kappa shape index (κ3) is 4.46. The minimum absolute atomic E-state index is 0.725. The highest BCUT2D eigenvalue weighted by atomic mass is 15.3. The van der Waals surface area contributed by atoms with Gasteiger partial charge in [-0.15, -0.1) is 0 Å². The number of hydrogen-bond acceptors (Lipinski definition) is 2. The van der Waals surface area contributed by atoms with Crippen LogP contribution in [0.15, 0.2) is 0 Å². The lowest BCUT2D eigenvalue weighted by Gasteiger charge is -2.40. The van der Waals surface area contributed by atoms with Crippen LogP contribution >= 0.6 is 0 Å². The molecule has 118 valence electrons. The third-order valence-electron chi connectivity index (χ3n) is 5.99. The van der Waals surface area contributed by atoms with Crippen LogP contribution in [-0.2, 0) is 0 Å². The van der Waals surface area contributed by atoms with E-state index in [1.165, 1.54) is 64.8 Å². The van der Waals surface area contributed by atoms with Gasteiger partial charge in [-0.05, 0) is 57.3 Å². The van der Waals surface area contributed by atoms with Crippen molar-refractivity contribution in [2.45, 2.75) is 65.8 Å². The van der Waals surface area contributed by atoms with Gasteiger partial charge in [0.15, 0.2) is 0 Å². The molecular weight excluding hydrogens is 244 g/mol. The largest absolute Gasteiger partial charge is 0.301 e. The molecule has 2 aliphatic rings. The lowest BCUT2D eigenvalue weighted by Crippen LogP contribution is -2.50. The van der Waals surface area contributed by atoms with Gasteiger partial charge in [0, 0.05) is 38.8 Å². The Bertz CT molecular complexity index is 261. The first-order chi connectivity index (χ1) is 9.60. The zero-order valence-corrected chi connectivity index (χ0v) is 14.3. The predicted molar refractivity (Wildman–Crippen MR) is 88.1 cm³/mol. The molecule has 0 aromatic carbocycles. The van der Waals surface area contributed by atoms with Crippen LogP contribution in [0.25, 0.3) is 0 Å². The van der Waals surface area contributed by atoms with Crippen molar-refractivity contribution < 1.29 is 0 Å². The molecular formula is C18H36N2. The van der Waals surface area contributed by atoms with Crippen LogP contribution in [0.3, 0.4) is 0 Å². The monoisotopic (exact) mass is 280 g/mol. The van der Waals surface area contributed by atoms with Crippen molar-refractivity contribution in [1.29, 1.82) is 0 Å². The van der Waals surface area contributed by atoms with E-state index in [9.17, 15) is 0 Å². The normalized spacial score (nSPS) is 31.6. The summed E-state index contributed by atoms with van der Waals surface area (Å²) in [5, 5.41) is 0. The van der Waals surface area contributed by atoms with Gasteiger partial charge in [0.1, 0.15) is 0 Å². The summed E-state index contributed by atoms with van der Waals surface area (Å²) >= 11 is 0. The highest BCUT2D eigenvalue weighted by Gasteiger charge is 2.27. The van der Waals surface area contributed by atoms with Crippen LogP contribution < -0.4 is 0 Å². The van der Waals surface area contributed by atoms with Gasteiger partial charge >= 0.3 is 0 Å². The summed E-state index contributed by atoms with van der Waals surface area (Å²) in [6.07, 6.45) is 7.32. The van der Waals surface area contributed by atoms with E-state index < -0.39 is 0 Å². The Morgan fingerprint density at radius 2 is 1.50 bits per heavy atom. The number of piperazine rings is 1. The molecule has 2 rings (SSSR count). The quantitative estimate of drug-likeness (QED) is 0.754. The summed E-state index contributed by atoms with van der Waals surface area (Å²) in [6.45, 7) is 16.0. The fourth-order valence-electron chi connectivity index (χ4n) is 4.10. The topological polar surface area (TPSA) is 6.48 Å². The molecule has 0 bridgehead atoms. The Morgan fingerprint density at radius 3 is 2.00 bits per heavy atom. The van der Waals surface area contributed by atoms with E-state index >= 15 is 0 Å². The van der Waals surface area contributed by atoms with E-state index in [4.69, 9.17) is 0 Å². The molecule has 1 aliphatic carbocycles. The molecule has 0 aromatic rings. The van der Waals surface area contributed by atoms with Gasteiger partial charge in [0.25, 0.3) is 0 Å². The average Bonchev–Trinajstić information content (AvgIpc) is 2.48. The molecule has 0 aromatic heterocycles. The van der Waals surface area contributed by atoms with Crippen molar-refractivity contribution in [1.82, 2.24) is 9.80 Å². The Labute approximate surface area is 126 Å². The smallest absolute Gasteiger partial charge is 0.0113 e. The van der Waals surface area contributed by atoms with Gasteiger partial charge in [0.2, 0.25) is 0 Å². The van der Waals surface area contributed by atoms with Crippen molar-refractivity contribution in [3.8, 4) is 0 Å². The maximum Gasteiger partial charge on any atom is 0.0113 e. The van der Waals surface area contributed by atoms with Crippen LogP contribution in [0, 0.1) is 17.8 Å². The molecule has 2 nitrogen and oxygen atoms in total. The number of hydrogen-bond donors (Lipinski definition) is 0. The molecule has 1 saturated carbocycles. The van der Waals surface area contributed by atoms with Gasteiger partial charge in [-0.1, -0.05) is 20.3 Å². The summed E-state index contributed by atoms with van der Waals surface area (Å²) in [4.78, 5) is 5.35. The fraction of sp³-hybridized carbons (Fsp3) is 1.00. The lowest BCUT2D eigenvalue weighted by molar-refractivity contribution is 0.0840. The molecule has 2 fully saturated rings. The van der Waals surface area contributed by atoms with Gasteiger partial charge in [0.05, 0.1) is 0 Å². The van der Waals surface area contributed by atoms with E-state index in [0.717, 1.165) is 23.8 Å². The maximum atomic E-state index is 2.73. The van der Waals surface area contributed by atoms with Crippen molar-refractivity contribution in [2.75, 3.05) is 32.7 Å². The van der Waals surface area contributed by atoms with E-state index in [1.54, 1.807) is 0 Å². The van der Waals surface area contributed by atoms with E-state index in [2.05, 4.69) is 37.5 Å². The summed E-state index contributed by atoms with van der Waals surface area (Å²) in [5.41, 5.74) is 0. The summed E-state index contributed by atoms with van der Waals surface area (Å²) < 4.78 is 0. The zero-order chi connectivity index (χ0) is 14.5. The van der Waals surface area contributed by atoms with Crippen LogP contribution in [0.5, 0.6) is 0 Å². The van der Waals surface area contributed by atoms with Crippen LogP contribution in [0.1, 0.15) is 59.8 Å². The molecule has 1 unspecified atom stereocenters. The molecule has 0 radical (unpaired) electrons. The second kappa shape index (κ2) is 7.79.